The number of hydrogen-bond donors (Lipinski definition) is 1. The molecule has 1 fully saturated rings. The molecule has 1 aromatic carbocycles. The molecule has 1 N–H and O–H groups in total. The summed E-state index contributed by atoms with van der Waals surface area (Å²) in [5.74, 6) is -2.67. The first kappa shape index (κ1) is 12.8. The standard InChI is InChI=1S/C14H16O4/c1-9(2)14(17)11(12(15)18-13(14)16)8-10-6-4-3-5-7-10/h3-7,9,11,17H,8H2,1-2H3. The first-order valence-electron chi connectivity index (χ1n) is 5.98. The van der Waals surface area contributed by atoms with Crippen LogP contribution >= 0.6 is 0 Å². The highest BCUT2D eigenvalue weighted by Crippen LogP contribution is 2.36. The van der Waals surface area contributed by atoms with Gasteiger partial charge in [0.15, 0.2) is 5.60 Å². The highest BCUT2D eigenvalue weighted by atomic mass is 16.6. The van der Waals surface area contributed by atoms with E-state index in [0.717, 1.165) is 5.56 Å². The monoisotopic (exact) mass is 248 g/mol. The Morgan fingerprint density at radius 1 is 1.28 bits per heavy atom. The van der Waals surface area contributed by atoms with Gasteiger partial charge in [0.1, 0.15) is 5.92 Å². The Hall–Kier alpha value is -1.68. The second-order valence-electron chi connectivity index (χ2n) is 4.93. The van der Waals surface area contributed by atoms with Crippen LogP contribution in [0.1, 0.15) is 19.4 Å². The van der Waals surface area contributed by atoms with Crippen molar-refractivity contribution in [3.05, 3.63) is 35.9 Å². The third kappa shape index (κ3) is 1.93. The van der Waals surface area contributed by atoms with Crippen LogP contribution in [0.25, 0.3) is 0 Å². The van der Waals surface area contributed by atoms with E-state index < -0.39 is 23.5 Å². The fourth-order valence-corrected chi connectivity index (χ4v) is 2.29. The summed E-state index contributed by atoms with van der Waals surface area (Å²) in [6, 6.07) is 9.29. The number of aliphatic hydroxyl groups is 1. The van der Waals surface area contributed by atoms with Crippen LogP contribution in [0.5, 0.6) is 0 Å². The summed E-state index contributed by atoms with van der Waals surface area (Å²) in [5.41, 5.74) is -0.819. The Balaban J connectivity index is 2.30. The van der Waals surface area contributed by atoms with Gasteiger partial charge in [0.05, 0.1) is 0 Å². The summed E-state index contributed by atoms with van der Waals surface area (Å²) >= 11 is 0. The van der Waals surface area contributed by atoms with E-state index in [0.29, 0.717) is 6.42 Å². The van der Waals surface area contributed by atoms with Crippen molar-refractivity contribution >= 4 is 11.9 Å². The van der Waals surface area contributed by atoms with Crippen LogP contribution in [0.4, 0.5) is 0 Å². The molecule has 0 spiro atoms. The van der Waals surface area contributed by atoms with Crippen molar-refractivity contribution in [3.8, 4) is 0 Å². The van der Waals surface area contributed by atoms with Gasteiger partial charge in [-0.1, -0.05) is 44.2 Å². The van der Waals surface area contributed by atoms with E-state index in [1.165, 1.54) is 0 Å². The molecule has 0 radical (unpaired) electrons. The Morgan fingerprint density at radius 2 is 1.89 bits per heavy atom. The zero-order valence-electron chi connectivity index (χ0n) is 10.4. The average Bonchev–Trinajstić information content (AvgIpc) is 2.55. The summed E-state index contributed by atoms with van der Waals surface area (Å²) in [6.07, 6.45) is 0.306. The Morgan fingerprint density at radius 3 is 2.44 bits per heavy atom. The van der Waals surface area contributed by atoms with Crippen molar-refractivity contribution < 1.29 is 19.4 Å². The highest BCUT2D eigenvalue weighted by molar-refractivity contribution is 6.01. The lowest BCUT2D eigenvalue weighted by Gasteiger charge is -2.27. The first-order valence-corrected chi connectivity index (χ1v) is 5.98. The van der Waals surface area contributed by atoms with Gasteiger partial charge in [0.2, 0.25) is 0 Å². The maximum absolute atomic E-state index is 11.7. The van der Waals surface area contributed by atoms with E-state index in [2.05, 4.69) is 4.74 Å². The van der Waals surface area contributed by atoms with Crippen LogP contribution in [0.15, 0.2) is 30.3 Å². The van der Waals surface area contributed by atoms with Gasteiger partial charge < -0.3 is 9.84 Å². The molecule has 1 saturated heterocycles. The van der Waals surface area contributed by atoms with Crippen LogP contribution in [0, 0.1) is 11.8 Å². The number of benzene rings is 1. The van der Waals surface area contributed by atoms with Gasteiger partial charge in [0.25, 0.3) is 0 Å². The summed E-state index contributed by atoms with van der Waals surface area (Å²) in [6.45, 7) is 3.41. The molecule has 0 saturated carbocycles. The van der Waals surface area contributed by atoms with E-state index in [1.807, 2.05) is 30.3 Å². The van der Waals surface area contributed by atoms with E-state index >= 15 is 0 Å². The normalized spacial score (nSPS) is 27.7. The molecule has 0 aromatic heterocycles. The van der Waals surface area contributed by atoms with E-state index in [4.69, 9.17) is 0 Å². The predicted molar refractivity (Wildman–Crippen MR) is 64.5 cm³/mol. The van der Waals surface area contributed by atoms with Gasteiger partial charge in [-0.25, -0.2) is 4.79 Å². The van der Waals surface area contributed by atoms with Crippen molar-refractivity contribution in [2.45, 2.75) is 25.9 Å². The second kappa shape index (κ2) is 4.53. The van der Waals surface area contributed by atoms with Crippen LogP contribution in [0.3, 0.4) is 0 Å². The molecule has 1 aliphatic rings. The molecular weight excluding hydrogens is 232 g/mol. The lowest BCUT2D eigenvalue weighted by Crippen LogP contribution is -2.47. The van der Waals surface area contributed by atoms with Crippen LogP contribution < -0.4 is 0 Å². The molecule has 0 aliphatic carbocycles. The largest absolute Gasteiger partial charge is 0.391 e. The maximum Gasteiger partial charge on any atom is 0.346 e. The lowest BCUT2D eigenvalue weighted by atomic mass is 9.77. The lowest BCUT2D eigenvalue weighted by molar-refractivity contribution is -0.161. The third-order valence-electron chi connectivity index (χ3n) is 3.50. The number of esters is 2. The number of cyclic esters (lactones) is 2. The third-order valence-corrected chi connectivity index (χ3v) is 3.50. The molecule has 0 amide bonds. The molecular formula is C14H16O4. The smallest absolute Gasteiger partial charge is 0.346 e. The number of carbonyl (C=O) groups excluding carboxylic acids is 2. The minimum atomic E-state index is -1.72. The second-order valence-corrected chi connectivity index (χ2v) is 4.93. The Kier molecular flexibility index (Phi) is 3.22. The average molecular weight is 248 g/mol. The molecule has 2 atom stereocenters. The summed E-state index contributed by atoms with van der Waals surface area (Å²) in [5, 5.41) is 10.4. The first-order chi connectivity index (χ1) is 8.46. The van der Waals surface area contributed by atoms with Crippen molar-refractivity contribution in [2.75, 3.05) is 0 Å². The summed E-state index contributed by atoms with van der Waals surface area (Å²) in [4.78, 5) is 23.4. The van der Waals surface area contributed by atoms with Crippen LogP contribution in [-0.4, -0.2) is 22.6 Å². The molecule has 0 bridgehead atoms. The molecule has 1 aromatic rings. The number of ether oxygens (including phenoxy) is 1. The van der Waals surface area contributed by atoms with Crippen LogP contribution in [0.2, 0.25) is 0 Å². The molecule has 4 heteroatoms. The van der Waals surface area contributed by atoms with E-state index in [1.54, 1.807) is 13.8 Å². The molecule has 2 unspecified atom stereocenters. The Labute approximate surface area is 106 Å². The van der Waals surface area contributed by atoms with Gasteiger partial charge in [-0.3, -0.25) is 4.79 Å². The predicted octanol–water partition coefficient (Wildman–Crippen LogP) is 1.32. The van der Waals surface area contributed by atoms with E-state index in [9.17, 15) is 14.7 Å². The van der Waals surface area contributed by atoms with Gasteiger partial charge in [-0.05, 0) is 17.9 Å². The number of carbonyl (C=O) groups is 2. The van der Waals surface area contributed by atoms with Crippen molar-refractivity contribution in [3.63, 3.8) is 0 Å². The minimum Gasteiger partial charge on any atom is -0.391 e. The number of hydrogen-bond acceptors (Lipinski definition) is 4. The van der Waals surface area contributed by atoms with Gasteiger partial charge in [-0.15, -0.1) is 0 Å². The number of rotatable bonds is 3. The Bertz CT molecular complexity index is 466. The zero-order valence-corrected chi connectivity index (χ0v) is 10.4. The zero-order chi connectivity index (χ0) is 13.3. The summed E-state index contributed by atoms with van der Waals surface area (Å²) < 4.78 is 4.60. The SMILES string of the molecule is CC(C)C1(O)C(=O)OC(=O)C1Cc1ccccc1. The molecule has 18 heavy (non-hydrogen) atoms. The molecule has 1 heterocycles. The minimum absolute atomic E-state index is 0.306. The maximum atomic E-state index is 11.7. The molecule has 1 aliphatic heterocycles. The van der Waals surface area contributed by atoms with Crippen molar-refractivity contribution in [1.29, 1.82) is 0 Å². The molecule has 96 valence electrons. The van der Waals surface area contributed by atoms with Gasteiger partial charge in [-0.2, -0.15) is 0 Å². The fraction of sp³-hybridized carbons (Fsp3) is 0.429. The van der Waals surface area contributed by atoms with E-state index in [-0.39, 0.29) is 5.92 Å². The van der Waals surface area contributed by atoms with Gasteiger partial charge >= 0.3 is 11.9 Å². The summed E-state index contributed by atoms with van der Waals surface area (Å²) in [7, 11) is 0. The van der Waals surface area contributed by atoms with Gasteiger partial charge in [0, 0.05) is 0 Å². The molecule has 2 rings (SSSR count). The molecule has 4 nitrogen and oxygen atoms in total. The van der Waals surface area contributed by atoms with Crippen molar-refractivity contribution in [1.82, 2.24) is 0 Å². The van der Waals surface area contributed by atoms with Crippen LogP contribution in [-0.2, 0) is 20.7 Å². The topological polar surface area (TPSA) is 63.6 Å². The highest BCUT2D eigenvalue weighted by Gasteiger charge is 2.58. The van der Waals surface area contributed by atoms with Crippen molar-refractivity contribution in [2.24, 2.45) is 11.8 Å². The quantitative estimate of drug-likeness (QED) is 0.647. The fourth-order valence-electron chi connectivity index (χ4n) is 2.29.